The van der Waals surface area contributed by atoms with Crippen LogP contribution in [-0.2, 0) is 9.53 Å². The molecule has 0 amide bonds. The Morgan fingerprint density at radius 3 is 2.50 bits per heavy atom. The van der Waals surface area contributed by atoms with Crippen LogP contribution in [0.5, 0.6) is 0 Å². The van der Waals surface area contributed by atoms with E-state index in [0.29, 0.717) is 17.5 Å². The topological polar surface area (TPSA) is 62.7 Å². The summed E-state index contributed by atoms with van der Waals surface area (Å²) in [6.07, 6.45) is 0. The van der Waals surface area contributed by atoms with Gasteiger partial charge in [-0.2, -0.15) is 0 Å². The molecule has 1 aromatic rings. The number of esters is 1. The third-order valence-electron chi connectivity index (χ3n) is 2.86. The van der Waals surface area contributed by atoms with Gasteiger partial charge in [0.25, 0.3) is 0 Å². The smallest absolute Gasteiger partial charge is 0.328 e. The third-order valence-corrected chi connectivity index (χ3v) is 3.20. The minimum Gasteiger partial charge on any atom is -0.459 e. The van der Waals surface area contributed by atoms with E-state index in [1.165, 1.54) is 0 Å². The number of carbonyl (C=O) groups is 1. The molecule has 1 aromatic carbocycles. The van der Waals surface area contributed by atoms with Gasteiger partial charge in [0, 0.05) is 11.6 Å². The van der Waals surface area contributed by atoms with Crippen molar-refractivity contribution in [2.45, 2.75) is 46.3 Å². The summed E-state index contributed by atoms with van der Waals surface area (Å²) in [5.41, 5.74) is 0.459. The van der Waals surface area contributed by atoms with Crippen LogP contribution in [0.2, 0.25) is 5.02 Å². The maximum atomic E-state index is 11.8. The minimum atomic E-state index is -0.511. The van der Waals surface area contributed by atoms with Gasteiger partial charge in [-0.3, -0.25) is 4.79 Å². The van der Waals surface area contributed by atoms with Crippen LogP contribution in [-0.4, -0.2) is 30.6 Å². The van der Waals surface area contributed by atoms with Crippen molar-refractivity contribution in [3.63, 3.8) is 0 Å². The first kappa shape index (κ1) is 23.0. The van der Waals surface area contributed by atoms with E-state index in [9.17, 15) is 4.79 Å². The summed E-state index contributed by atoms with van der Waals surface area (Å²) in [5, 5.41) is 7.04. The fraction of sp³-hybridized carbons (Fsp3) is 0.529. The summed E-state index contributed by atoms with van der Waals surface area (Å²) in [4.78, 5) is 16.0. The maximum Gasteiger partial charge on any atom is 0.328 e. The van der Waals surface area contributed by atoms with Gasteiger partial charge in [0.15, 0.2) is 5.96 Å². The van der Waals surface area contributed by atoms with Crippen LogP contribution in [0.3, 0.4) is 0 Å². The summed E-state index contributed by atoms with van der Waals surface area (Å²) >= 11 is 6.21. The van der Waals surface area contributed by atoms with Gasteiger partial charge in [0.05, 0.1) is 6.04 Å². The predicted octanol–water partition coefficient (Wildman–Crippen LogP) is 3.92. The van der Waals surface area contributed by atoms with Crippen molar-refractivity contribution in [1.29, 1.82) is 0 Å². The van der Waals surface area contributed by atoms with Crippen LogP contribution in [0, 0.1) is 0 Å². The highest BCUT2D eigenvalue weighted by atomic mass is 127. The summed E-state index contributed by atoms with van der Waals surface area (Å²) in [7, 11) is 0. The van der Waals surface area contributed by atoms with E-state index in [-0.39, 0.29) is 42.5 Å². The maximum absolute atomic E-state index is 11.8. The lowest BCUT2D eigenvalue weighted by Gasteiger charge is -2.20. The molecule has 0 aliphatic heterocycles. The number of hydrogen-bond acceptors (Lipinski definition) is 3. The number of aliphatic imine (C=N–C) groups is 1. The van der Waals surface area contributed by atoms with E-state index in [0.717, 1.165) is 5.56 Å². The van der Waals surface area contributed by atoms with Gasteiger partial charge < -0.3 is 15.4 Å². The molecule has 0 heterocycles. The first-order valence-corrected chi connectivity index (χ1v) is 8.12. The SMILES string of the molecule is CCNC(=NCC(=O)OC(C)(C)C)NC(C)c1ccccc1Cl.I. The molecule has 7 heteroatoms. The van der Waals surface area contributed by atoms with E-state index in [1.807, 2.05) is 58.9 Å². The highest BCUT2D eigenvalue weighted by Gasteiger charge is 2.16. The highest BCUT2D eigenvalue weighted by molar-refractivity contribution is 14.0. The number of hydrogen-bond donors (Lipinski definition) is 2. The molecular formula is C17H27ClIN3O2. The predicted molar refractivity (Wildman–Crippen MR) is 110 cm³/mol. The molecule has 1 rings (SSSR count). The summed E-state index contributed by atoms with van der Waals surface area (Å²) in [6.45, 7) is 10.1. The molecule has 0 aliphatic rings. The monoisotopic (exact) mass is 467 g/mol. The fourth-order valence-corrected chi connectivity index (χ4v) is 2.25. The Labute approximate surface area is 166 Å². The Kier molecular flexibility index (Phi) is 10.3. The van der Waals surface area contributed by atoms with Gasteiger partial charge in [-0.15, -0.1) is 24.0 Å². The minimum absolute atomic E-state index is 0. The van der Waals surface area contributed by atoms with Gasteiger partial charge in [0.1, 0.15) is 12.1 Å². The summed E-state index contributed by atoms with van der Waals surface area (Å²) in [5.74, 6) is 0.186. The van der Waals surface area contributed by atoms with Crippen LogP contribution in [0.15, 0.2) is 29.3 Å². The van der Waals surface area contributed by atoms with E-state index < -0.39 is 5.60 Å². The van der Waals surface area contributed by atoms with Gasteiger partial charge >= 0.3 is 5.97 Å². The molecule has 0 radical (unpaired) electrons. The molecule has 5 nitrogen and oxygen atoms in total. The fourth-order valence-electron chi connectivity index (χ4n) is 1.95. The van der Waals surface area contributed by atoms with E-state index in [2.05, 4.69) is 15.6 Å². The molecule has 2 N–H and O–H groups in total. The van der Waals surface area contributed by atoms with Crippen molar-refractivity contribution in [2.75, 3.05) is 13.1 Å². The number of halogens is 2. The van der Waals surface area contributed by atoms with Crippen LogP contribution in [0.4, 0.5) is 0 Å². The average molecular weight is 468 g/mol. The highest BCUT2D eigenvalue weighted by Crippen LogP contribution is 2.21. The Bertz CT molecular complexity index is 559. The molecule has 0 aromatic heterocycles. The number of rotatable bonds is 5. The number of nitrogens with one attached hydrogen (secondary N) is 2. The zero-order valence-corrected chi connectivity index (χ0v) is 17.9. The standard InChI is InChI=1S/C17H26ClN3O2.HI/c1-6-19-16(20-11-15(22)23-17(3,4)5)21-12(2)13-9-7-8-10-14(13)18;/h7-10,12H,6,11H2,1-5H3,(H2,19,20,21);1H. The molecule has 24 heavy (non-hydrogen) atoms. The zero-order chi connectivity index (χ0) is 17.5. The van der Waals surface area contributed by atoms with Crippen molar-refractivity contribution < 1.29 is 9.53 Å². The quantitative estimate of drug-likeness (QED) is 0.298. The molecule has 136 valence electrons. The van der Waals surface area contributed by atoms with Gasteiger partial charge in [-0.1, -0.05) is 29.8 Å². The normalized spacial score (nSPS) is 12.8. The molecule has 0 aliphatic carbocycles. The van der Waals surface area contributed by atoms with Crippen LogP contribution >= 0.6 is 35.6 Å². The molecule has 0 bridgehead atoms. The van der Waals surface area contributed by atoms with Crippen molar-refractivity contribution in [3.8, 4) is 0 Å². The van der Waals surface area contributed by atoms with Crippen molar-refractivity contribution in [1.82, 2.24) is 10.6 Å². The van der Waals surface area contributed by atoms with Crippen LogP contribution in [0.1, 0.15) is 46.2 Å². The Hall–Kier alpha value is -1.02. The lowest BCUT2D eigenvalue weighted by Crippen LogP contribution is -2.39. The molecule has 0 spiro atoms. The molecule has 0 saturated heterocycles. The second kappa shape index (κ2) is 10.8. The van der Waals surface area contributed by atoms with E-state index in [1.54, 1.807) is 0 Å². The molecule has 1 atom stereocenters. The van der Waals surface area contributed by atoms with E-state index in [4.69, 9.17) is 16.3 Å². The largest absolute Gasteiger partial charge is 0.459 e. The first-order chi connectivity index (χ1) is 10.7. The van der Waals surface area contributed by atoms with Crippen molar-refractivity contribution in [3.05, 3.63) is 34.9 Å². The average Bonchev–Trinajstić information content (AvgIpc) is 2.43. The Morgan fingerprint density at radius 1 is 1.33 bits per heavy atom. The second-order valence-electron chi connectivity index (χ2n) is 6.17. The third kappa shape index (κ3) is 8.73. The van der Waals surface area contributed by atoms with Crippen molar-refractivity contribution >= 4 is 47.5 Å². The number of ether oxygens (including phenoxy) is 1. The van der Waals surface area contributed by atoms with E-state index >= 15 is 0 Å². The Morgan fingerprint density at radius 2 is 1.96 bits per heavy atom. The summed E-state index contributed by atoms with van der Waals surface area (Å²) < 4.78 is 5.25. The van der Waals surface area contributed by atoms with Crippen LogP contribution < -0.4 is 10.6 Å². The first-order valence-electron chi connectivity index (χ1n) is 7.74. The number of nitrogens with zero attached hydrogens (tertiary/aromatic N) is 1. The molecule has 0 fully saturated rings. The Balaban J connectivity index is 0.00000529. The van der Waals surface area contributed by atoms with Crippen LogP contribution in [0.25, 0.3) is 0 Å². The lowest BCUT2D eigenvalue weighted by molar-refractivity contribution is -0.152. The van der Waals surface area contributed by atoms with Gasteiger partial charge in [0.2, 0.25) is 0 Å². The summed E-state index contributed by atoms with van der Waals surface area (Å²) in [6, 6.07) is 7.59. The van der Waals surface area contributed by atoms with Crippen molar-refractivity contribution in [2.24, 2.45) is 4.99 Å². The number of guanidine groups is 1. The lowest BCUT2D eigenvalue weighted by atomic mass is 10.1. The molecule has 0 saturated carbocycles. The molecule has 1 unspecified atom stereocenters. The second-order valence-corrected chi connectivity index (χ2v) is 6.58. The number of benzene rings is 1. The zero-order valence-electron chi connectivity index (χ0n) is 14.9. The van der Waals surface area contributed by atoms with Gasteiger partial charge in [-0.25, -0.2) is 4.99 Å². The number of carbonyl (C=O) groups excluding carboxylic acids is 1. The molecular weight excluding hydrogens is 441 g/mol. The van der Waals surface area contributed by atoms with Gasteiger partial charge in [-0.05, 0) is 46.2 Å².